The fourth-order valence-electron chi connectivity index (χ4n) is 1.38. The molecule has 0 fully saturated rings. The summed E-state index contributed by atoms with van der Waals surface area (Å²) in [5.41, 5.74) is 0.965. The van der Waals surface area contributed by atoms with Gasteiger partial charge >= 0.3 is 6.09 Å². The van der Waals surface area contributed by atoms with Crippen LogP contribution in [0, 0.1) is 0 Å². The number of oxime groups is 1. The molecule has 0 spiro atoms. The molecule has 0 aliphatic carbocycles. The Morgan fingerprint density at radius 3 is 2.83 bits per heavy atom. The van der Waals surface area contributed by atoms with Gasteiger partial charge in [0.05, 0.1) is 0 Å². The van der Waals surface area contributed by atoms with Gasteiger partial charge in [-0.25, -0.2) is 4.79 Å². The van der Waals surface area contributed by atoms with Gasteiger partial charge in [-0.15, -0.1) is 5.16 Å². The Hall–Kier alpha value is -2.04. The summed E-state index contributed by atoms with van der Waals surface area (Å²) in [5, 5.41) is 13.7. The molecule has 0 heterocycles. The van der Waals surface area contributed by atoms with E-state index in [0.717, 1.165) is 18.4 Å². The molecule has 0 bridgehead atoms. The molecule has 0 saturated heterocycles. The van der Waals surface area contributed by atoms with Crippen LogP contribution < -0.4 is 5.32 Å². The van der Waals surface area contributed by atoms with E-state index in [0.29, 0.717) is 13.0 Å². The monoisotopic (exact) mass is 250 g/mol. The molecule has 1 amide bonds. The molecule has 1 aromatic rings. The summed E-state index contributed by atoms with van der Waals surface area (Å²) in [6.07, 6.45) is 3.43. The van der Waals surface area contributed by atoms with Crippen LogP contribution in [0.15, 0.2) is 35.5 Å². The lowest BCUT2D eigenvalue weighted by atomic mass is 10.2. The number of hydrogen-bond acceptors (Lipinski definition) is 4. The second-order valence-corrected chi connectivity index (χ2v) is 3.78. The van der Waals surface area contributed by atoms with Crippen molar-refractivity contribution in [3.8, 4) is 0 Å². The van der Waals surface area contributed by atoms with Gasteiger partial charge in [0.1, 0.15) is 6.61 Å². The maximum absolute atomic E-state index is 11.3. The van der Waals surface area contributed by atoms with E-state index in [9.17, 15) is 4.79 Å². The molecule has 0 saturated carbocycles. The Labute approximate surface area is 106 Å². The zero-order chi connectivity index (χ0) is 13.1. The highest BCUT2D eigenvalue weighted by Gasteiger charge is 2.00. The van der Waals surface area contributed by atoms with Crippen molar-refractivity contribution in [1.82, 2.24) is 5.32 Å². The predicted octanol–water partition coefficient (Wildman–Crippen LogP) is 2.54. The van der Waals surface area contributed by atoms with Crippen molar-refractivity contribution in [2.24, 2.45) is 5.16 Å². The van der Waals surface area contributed by atoms with Crippen molar-refractivity contribution in [2.75, 3.05) is 6.54 Å². The van der Waals surface area contributed by atoms with Crippen molar-refractivity contribution in [3.05, 3.63) is 35.9 Å². The van der Waals surface area contributed by atoms with Crippen LogP contribution >= 0.6 is 0 Å². The normalized spacial score (nSPS) is 10.4. The molecule has 0 atom stereocenters. The number of alkyl carbamates (subject to hydrolysis) is 1. The van der Waals surface area contributed by atoms with Gasteiger partial charge in [0, 0.05) is 12.8 Å². The van der Waals surface area contributed by atoms with Crippen LogP contribution in [0.1, 0.15) is 24.8 Å². The number of carbonyl (C=O) groups is 1. The second-order valence-electron chi connectivity index (χ2n) is 3.78. The first-order valence-corrected chi connectivity index (χ1v) is 5.93. The third-order valence-electron chi connectivity index (χ3n) is 2.32. The highest BCUT2D eigenvalue weighted by atomic mass is 16.5. The number of nitrogens with zero attached hydrogens (tertiary/aromatic N) is 1. The number of rotatable bonds is 7. The van der Waals surface area contributed by atoms with Gasteiger partial charge in [-0.3, -0.25) is 0 Å². The first-order chi connectivity index (χ1) is 8.83. The Kier molecular flexibility index (Phi) is 7.04. The molecular formula is C13H18N2O3. The quantitative estimate of drug-likeness (QED) is 0.338. The third kappa shape index (κ3) is 6.52. The van der Waals surface area contributed by atoms with Crippen molar-refractivity contribution in [1.29, 1.82) is 0 Å². The van der Waals surface area contributed by atoms with Gasteiger partial charge in [0.2, 0.25) is 0 Å². The van der Waals surface area contributed by atoms with Crippen molar-refractivity contribution < 1.29 is 14.7 Å². The van der Waals surface area contributed by atoms with Crippen LogP contribution in [0.2, 0.25) is 0 Å². The van der Waals surface area contributed by atoms with E-state index < -0.39 is 6.09 Å². The van der Waals surface area contributed by atoms with Crippen molar-refractivity contribution in [2.45, 2.75) is 25.9 Å². The minimum atomic E-state index is -0.408. The van der Waals surface area contributed by atoms with Crippen LogP contribution in [0.25, 0.3) is 0 Å². The van der Waals surface area contributed by atoms with Crippen LogP contribution in [-0.2, 0) is 11.3 Å². The topological polar surface area (TPSA) is 70.9 Å². The van der Waals surface area contributed by atoms with Gasteiger partial charge in [-0.1, -0.05) is 30.3 Å². The van der Waals surface area contributed by atoms with E-state index in [4.69, 9.17) is 9.94 Å². The molecule has 5 nitrogen and oxygen atoms in total. The van der Waals surface area contributed by atoms with Crippen LogP contribution in [0.5, 0.6) is 0 Å². The van der Waals surface area contributed by atoms with Gasteiger partial charge in [0.15, 0.2) is 0 Å². The number of nitrogens with one attached hydrogen (secondary N) is 1. The number of benzene rings is 1. The van der Waals surface area contributed by atoms with E-state index in [1.165, 1.54) is 6.21 Å². The number of carbonyl (C=O) groups excluding carboxylic acids is 1. The molecule has 2 N–H and O–H groups in total. The molecule has 0 aromatic heterocycles. The minimum Gasteiger partial charge on any atom is -0.445 e. The van der Waals surface area contributed by atoms with Gasteiger partial charge in [-0.2, -0.15) is 0 Å². The molecule has 0 unspecified atom stereocenters. The van der Waals surface area contributed by atoms with E-state index in [1.807, 2.05) is 30.3 Å². The van der Waals surface area contributed by atoms with E-state index in [1.54, 1.807) is 0 Å². The molecule has 0 aliphatic rings. The number of amides is 1. The zero-order valence-electron chi connectivity index (χ0n) is 10.2. The van der Waals surface area contributed by atoms with Gasteiger partial charge in [0.25, 0.3) is 0 Å². The van der Waals surface area contributed by atoms with Crippen molar-refractivity contribution >= 4 is 12.3 Å². The number of ether oxygens (including phenoxy) is 1. The summed E-state index contributed by atoms with van der Waals surface area (Å²) in [7, 11) is 0. The largest absolute Gasteiger partial charge is 0.445 e. The highest BCUT2D eigenvalue weighted by molar-refractivity contribution is 5.67. The smallest absolute Gasteiger partial charge is 0.407 e. The SMILES string of the molecule is O=C(NCCCC/C=N/O)OCc1ccccc1. The standard InChI is InChI=1S/C13H18N2O3/c16-13(14-9-5-2-6-10-15-17)18-11-12-7-3-1-4-8-12/h1,3-4,7-8,10,17H,2,5-6,9,11H2,(H,14,16)/b15-10+. The number of hydrogen-bond donors (Lipinski definition) is 2. The maximum atomic E-state index is 11.3. The summed E-state index contributed by atoms with van der Waals surface area (Å²) < 4.78 is 5.04. The Balaban J connectivity index is 2.04. The van der Waals surface area contributed by atoms with E-state index in [2.05, 4.69) is 10.5 Å². The van der Waals surface area contributed by atoms with Crippen LogP contribution in [0.3, 0.4) is 0 Å². The average molecular weight is 250 g/mol. The summed E-state index contributed by atoms with van der Waals surface area (Å²) in [4.78, 5) is 11.3. The van der Waals surface area contributed by atoms with E-state index >= 15 is 0 Å². The lowest BCUT2D eigenvalue weighted by Gasteiger charge is -2.06. The lowest BCUT2D eigenvalue weighted by molar-refractivity contribution is 0.139. The van der Waals surface area contributed by atoms with Gasteiger partial charge < -0.3 is 15.3 Å². The van der Waals surface area contributed by atoms with Gasteiger partial charge in [-0.05, 0) is 24.8 Å². The Bertz CT molecular complexity index is 366. The number of unbranched alkanes of at least 4 members (excludes halogenated alkanes) is 2. The van der Waals surface area contributed by atoms with Crippen molar-refractivity contribution in [3.63, 3.8) is 0 Å². The second kappa shape index (κ2) is 9.04. The first kappa shape index (κ1) is 14.0. The first-order valence-electron chi connectivity index (χ1n) is 5.93. The lowest BCUT2D eigenvalue weighted by Crippen LogP contribution is -2.25. The molecule has 18 heavy (non-hydrogen) atoms. The summed E-state index contributed by atoms with van der Waals surface area (Å²) in [5.74, 6) is 0. The summed E-state index contributed by atoms with van der Waals surface area (Å²) in [6.45, 7) is 0.844. The predicted molar refractivity (Wildman–Crippen MR) is 68.8 cm³/mol. The zero-order valence-corrected chi connectivity index (χ0v) is 10.2. The molecule has 98 valence electrons. The summed E-state index contributed by atoms with van der Waals surface area (Å²) in [6, 6.07) is 9.53. The molecule has 0 aliphatic heterocycles. The minimum absolute atomic E-state index is 0.282. The fraction of sp³-hybridized carbons (Fsp3) is 0.385. The fourth-order valence-corrected chi connectivity index (χ4v) is 1.38. The summed E-state index contributed by atoms with van der Waals surface area (Å²) >= 11 is 0. The highest BCUT2D eigenvalue weighted by Crippen LogP contribution is 2.00. The van der Waals surface area contributed by atoms with Crippen LogP contribution in [-0.4, -0.2) is 24.1 Å². The Morgan fingerprint density at radius 1 is 1.33 bits per heavy atom. The van der Waals surface area contributed by atoms with Crippen LogP contribution in [0.4, 0.5) is 4.79 Å². The van der Waals surface area contributed by atoms with E-state index in [-0.39, 0.29) is 6.61 Å². The average Bonchev–Trinajstić information content (AvgIpc) is 2.41. The molecule has 5 heteroatoms. The third-order valence-corrected chi connectivity index (χ3v) is 2.32. The molecule has 1 aromatic carbocycles. The molecule has 1 rings (SSSR count). The molecule has 0 radical (unpaired) electrons. The maximum Gasteiger partial charge on any atom is 0.407 e. The Morgan fingerprint density at radius 2 is 2.11 bits per heavy atom. The molecular weight excluding hydrogens is 232 g/mol.